The highest BCUT2D eigenvalue weighted by Gasteiger charge is 2.15. The molecule has 5 nitrogen and oxygen atoms in total. The van der Waals surface area contributed by atoms with Gasteiger partial charge in [0.2, 0.25) is 0 Å². The lowest BCUT2D eigenvalue weighted by Crippen LogP contribution is -2.19. The Morgan fingerprint density at radius 3 is 2.37 bits per heavy atom. The number of hydrogen-bond donors (Lipinski definition) is 1. The van der Waals surface area contributed by atoms with Gasteiger partial charge < -0.3 is 14.8 Å². The highest BCUT2D eigenvalue weighted by molar-refractivity contribution is 5.39. The second-order valence-corrected chi connectivity index (χ2v) is 6.36. The number of halogens is 1. The number of ether oxygens (including phenoxy) is 2. The van der Waals surface area contributed by atoms with Gasteiger partial charge in [-0.15, -0.1) is 0 Å². The van der Waals surface area contributed by atoms with Crippen molar-refractivity contribution in [2.45, 2.75) is 26.4 Å². The van der Waals surface area contributed by atoms with Crippen LogP contribution in [0.2, 0.25) is 0 Å². The molecule has 3 aromatic rings. The van der Waals surface area contributed by atoms with Crippen LogP contribution in [0.5, 0.6) is 11.5 Å². The second kappa shape index (κ2) is 8.22. The molecule has 142 valence electrons. The Hall–Kier alpha value is -2.86. The van der Waals surface area contributed by atoms with Gasteiger partial charge in [0.05, 0.1) is 26.1 Å². The SMILES string of the molecule is COc1ccc(-n2ncc(C(C)NCc3ccc(OC)cc3F)c2C)cc1. The Bertz CT molecular complexity index is 906. The molecule has 0 bridgehead atoms. The zero-order valence-electron chi connectivity index (χ0n) is 16.0. The lowest BCUT2D eigenvalue weighted by atomic mass is 10.1. The zero-order chi connectivity index (χ0) is 19.4. The van der Waals surface area contributed by atoms with Gasteiger partial charge >= 0.3 is 0 Å². The summed E-state index contributed by atoms with van der Waals surface area (Å²) in [6, 6.07) is 12.7. The predicted octanol–water partition coefficient (Wildman–Crippen LogP) is 4.19. The third-order valence-corrected chi connectivity index (χ3v) is 4.69. The van der Waals surface area contributed by atoms with Crippen molar-refractivity contribution < 1.29 is 13.9 Å². The molecule has 1 heterocycles. The first-order valence-corrected chi connectivity index (χ1v) is 8.78. The number of methoxy groups -OCH3 is 2. The first-order chi connectivity index (χ1) is 13.0. The number of benzene rings is 2. The van der Waals surface area contributed by atoms with Gasteiger partial charge in [-0.2, -0.15) is 5.10 Å². The van der Waals surface area contributed by atoms with E-state index in [1.165, 1.54) is 13.2 Å². The summed E-state index contributed by atoms with van der Waals surface area (Å²) in [6.45, 7) is 4.49. The van der Waals surface area contributed by atoms with Crippen LogP contribution in [0.25, 0.3) is 5.69 Å². The highest BCUT2D eigenvalue weighted by atomic mass is 19.1. The van der Waals surface area contributed by atoms with Crippen LogP contribution in [-0.2, 0) is 6.54 Å². The maximum absolute atomic E-state index is 14.1. The fourth-order valence-electron chi connectivity index (χ4n) is 3.00. The van der Waals surface area contributed by atoms with E-state index < -0.39 is 0 Å². The van der Waals surface area contributed by atoms with E-state index in [1.54, 1.807) is 19.2 Å². The molecular formula is C21H24FN3O2. The average molecular weight is 369 g/mol. The van der Waals surface area contributed by atoms with Crippen LogP contribution < -0.4 is 14.8 Å². The van der Waals surface area contributed by atoms with Crippen LogP contribution in [-0.4, -0.2) is 24.0 Å². The van der Waals surface area contributed by atoms with Gasteiger partial charge in [-0.3, -0.25) is 0 Å². The van der Waals surface area contributed by atoms with Gasteiger partial charge in [-0.05, 0) is 44.2 Å². The van der Waals surface area contributed by atoms with Gasteiger partial charge in [0, 0.05) is 35.5 Å². The fraction of sp³-hybridized carbons (Fsp3) is 0.286. The summed E-state index contributed by atoms with van der Waals surface area (Å²) in [5, 5.41) is 7.87. The first-order valence-electron chi connectivity index (χ1n) is 8.78. The van der Waals surface area contributed by atoms with Crippen LogP contribution >= 0.6 is 0 Å². The largest absolute Gasteiger partial charge is 0.497 e. The van der Waals surface area contributed by atoms with Crippen molar-refractivity contribution in [1.29, 1.82) is 0 Å². The average Bonchev–Trinajstić information content (AvgIpc) is 3.08. The van der Waals surface area contributed by atoms with E-state index in [0.717, 1.165) is 22.7 Å². The smallest absolute Gasteiger partial charge is 0.131 e. The Labute approximate surface area is 158 Å². The number of hydrogen-bond acceptors (Lipinski definition) is 4. The van der Waals surface area contributed by atoms with Crippen molar-refractivity contribution in [2.24, 2.45) is 0 Å². The van der Waals surface area contributed by atoms with E-state index in [-0.39, 0.29) is 11.9 Å². The van der Waals surface area contributed by atoms with Crippen LogP contribution in [0.4, 0.5) is 4.39 Å². The van der Waals surface area contributed by atoms with Crippen LogP contribution in [0, 0.1) is 12.7 Å². The summed E-state index contributed by atoms with van der Waals surface area (Å²) in [6.07, 6.45) is 1.85. The molecule has 1 unspecified atom stereocenters. The van der Waals surface area contributed by atoms with Gasteiger partial charge in [-0.1, -0.05) is 6.07 Å². The molecule has 0 fully saturated rings. The van der Waals surface area contributed by atoms with Crippen molar-refractivity contribution in [3.63, 3.8) is 0 Å². The molecule has 27 heavy (non-hydrogen) atoms. The minimum Gasteiger partial charge on any atom is -0.497 e. The number of nitrogens with one attached hydrogen (secondary N) is 1. The molecule has 1 aromatic heterocycles. The normalized spacial score (nSPS) is 12.0. The van der Waals surface area contributed by atoms with Crippen LogP contribution in [0.3, 0.4) is 0 Å². The summed E-state index contributed by atoms with van der Waals surface area (Å²) < 4.78 is 26.2. The minimum absolute atomic E-state index is 0.0264. The van der Waals surface area contributed by atoms with Crippen LogP contribution in [0.1, 0.15) is 29.8 Å². The summed E-state index contributed by atoms with van der Waals surface area (Å²) in [5.74, 6) is 1.04. The summed E-state index contributed by atoms with van der Waals surface area (Å²) in [5.41, 5.74) is 3.67. The van der Waals surface area contributed by atoms with Crippen LogP contribution in [0.15, 0.2) is 48.7 Å². The van der Waals surface area contributed by atoms with Crippen molar-refractivity contribution in [3.05, 3.63) is 71.3 Å². The van der Waals surface area contributed by atoms with Crippen molar-refractivity contribution in [1.82, 2.24) is 15.1 Å². The van der Waals surface area contributed by atoms with E-state index >= 15 is 0 Å². The molecule has 0 spiro atoms. The molecule has 0 amide bonds. The molecular weight excluding hydrogens is 345 g/mol. The molecule has 1 N–H and O–H groups in total. The molecule has 6 heteroatoms. The fourth-order valence-corrected chi connectivity index (χ4v) is 3.00. The molecule has 3 rings (SSSR count). The third-order valence-electron chi connectivity index (χ3n) is 4.69. The number of nitrogens with zero attached hydrogens (tertiary/aromatic N) is 2. The second-order valence-electron chi connectivity index (χ2n) is 6.36. The van der Waals surface area contributed by atoms with E-state index in [4.69, 9.17) is 9.47 Å². The maximum Gasteiger partial charge on any atom is 0.131 e. The van der Waals surface area contributed by atoms with Gasteiger partial charge in [0.25, 0.3) is 0 Å². The monoisotopic (exact) mass is 369 g/mol. The summed E-state index contributed by atoms with van der Waals surface area (Å²) in [4.78, 5) is 0. The van der Waals surface area contributed by atoms with E-state index in [1.807, 2.05) is 49.0 Å². The van der Waals surface area contributed by atoms with Gasteiger partial charge in [0.15, 0.2) is 0 Å². The Morgan fingerprint density at radius 2 is 1.74 bits per heavy atom. The van der Waals surface area contributed by atoms with E-state index in [0.29, 0.717) is 17.9 Å². The predicted molar refractivity (Wildman–Crippen MR) is 103 cm³/mol. The summed E-state index contributed by atoms with van der Waals surface area (Å²) in [7, 11) is 3.17. The lowest BCUT2D eigenvalue weighted by molar-refractivity contribution is 0.410. The molecule has 0 saturated heterocycles. The molecule has 2 aromatic carbocycles. The highest BCUT2D eigenvalue weighted by Crippen LogP contribution is 2.23. The summed E-state index contributed by atoms with van der Waals surface area (Å²) >= 11 is 0. The Balaban J connectivity index is 1.72. The standard InChI is InChI=1S/C21H24FN3O2/c1-14(23-12-16-5-8-19(27-4)11-21(16)22)20-13-24-25(15(20)2)17-6-9-18(26-3)10-7-17/h5-11,13-14,23H,12H2,1-4H3. The van der Waals surface area contributed by atoms with Gasteiger partial charge in [-0.25, -0.2) is 9.07 Å². The Morgan fingerprint density at radius 1 is 1.07 bits per heavy atom. The quantitative estimate of drug-likeness (QED) is 0.678. The molecule has 0 radical (unpaired) electrons. The molecule has 0 aliphatic rings. The van der Waals surface area contributed by atoms with E-state index in [2.05, 4.69) is 10.4 Å². The molecule has 0 aliphatic heterocycles. The molecule has 1 atom stereocenters. The van der Waals surface area contributed by atoms with E-state index in [9.17, 15) is 4.39 Å². The first kappa shape index (κ1) is 18.9. The van der Waals surface area contributed by atoms with Crippen molar-refractivity contribution in [2.75, 3.05) is 14.2 Å². The topological polar surface area (TPSA) is 48.3 Å². The lowest BCUT2D eigenvalue weighted by Gasteiger charge is -2.15. The third kappa shape index (κ3) is 4.11. The minimum atomic E-state index is -0.278. The number of rotatable bonds is 7. The van der Waals surface area contributed by atoms with Gasteiger partial charge in [0.1, 0.15) is 17.3 Å². The zero-order valence-corrected chi connectivity index (χ0v) is 16.0. The Kier molecular flexibility index (Phi) is 5.76. The molecule has 0 aliphatic carbocycles. The maximum atomic E-state index is 14.1. The van der Waals surface area contributed by atoms with Crippen molar-refractivity contribution >= 4 is 0 Å². The number of aromatic nitrogens is 2. The molecule has 0 saturated carbocycles. The van der Waals surface area contributed by atoms with Crippen molar-refractivity contribution in [3.8, 4) is 17.2 Å².